The first-order valence-electron chi connectivity index (χ1n) is 7.59. The fourth-order valence-corrected chi connectivity index (χ4v) is 2.33. The molecule has 0 radical (unpaired) electrons. The molecular formula is C16H13N5O6S. The molecule has 3 N–H and O–H groups in total. The molecule has 2 rings (SSSR count). The summed E-state index contributed by atoms with van der Waals surface area (Å²) in [6, 6.07) is 8.99. The Hall–Kier alpha value is -3.93. The number of thiocarbonyl (C=S) groups is 1. The predicted molar refractivity (Wildman–Crippen MR) is 104 cm³/mol. The van der Waals surface area contributed by atoms with Crippen LogP contribution >= 0.6 is 12.2 Å². The van der Waals surface area contributed by atoms with Crippen molar-refractivity contribution in [3.05, 3.63) is 68.3 Å². The van der Waals surface area contributed by atoms with E-state index in [9.17, 15) is 29.8 Å². The summed E-state index contributed by atoms with van der Waals surface area (Å²) in [4.78, 5) is 43.3. The molecule has 0 aliphatic rings. The molecule has 144 valence electrons. The molecule has 0 heterocycles. The third kappa shape index (κ3) is 5.54. The maximum atomic E-state index is 12.2. The molecule has 0 aliphatic heterocycles. The van der Waals surface area contributed by atoms with E-state index in [-0.39, 0.29) is 16.6 Å². The van der Waals surface area contributed by atoms with Crippen molar-refractivity contribution >= 4 is 51.9 Å². The minimum absolute atomic E-state index is 0.119. The Kier molecular flexibility index (Phi) is 6.29. The van der Waals surface area contributed by atoms with Crippen molar-refractivity contribution in [2.24, 2.45) is 0 Å². The van der Waals surface area contributed by atoms with Crippen molar-refractivity contribution in [2.75, 3.05) is 10.6 Å². The van der Waals surface area contributed by atoms with Gasteiger partial charge >= 0.3 is 0 Å². The number of anilines is 2. The molecule has 0 fully saturated rings. The molecule has 0 aliphatic carbocycles. The van der Waals surface area contributed by atoms with Crippen LogP contribution in [0.3, 0.4) is 0 Å². The third-order valence-electron chi connectivity index (χ3n) is 3.28. The molecular weight excluding hydrogens is 390 g/mol. The number of hydrogen-bond acceptors (Lipinski definition) is 7. The van der Waals surface area contributed by atoms with E-state index in [2.05, 4.69) is 16.0 Å². The molecule has 2 aromatic carbocycles. The lowest BCUT2D eigenvalue weighted by molar-refractivity contribution is -0.394. The zero-order valence-electron chi connectivity index (χ0n) is 14.3. The average molecular weight is 403 g/mol. The predicted octanol–water partition coefficient (Wildman–Crippen LogP) is 2.59. The first-order chi connectivity index (χ1) is 13.2. The summed E-state index contributed by atoms with van der Waals surface area (Å²) < 4.78 is 0. The second-order valence-corrected chi connectivity index (χ2v) is 5.83. The van der Waals surface area contributed by atoms with E-state index in [1.54, 1.807) is 24.3 Å². The van der Waals surface area contributed by atoms with Crippen molar-refractivity contribution in [2.45, 2.75) is 6.92 Å². The van der Waals surface area contributed by atoms with Gasteiger partial charge in [0.15, 0.2) is 5.11 Å². The molecule has 0 spiro atoms. The number of nitrogens with one attached hydrogen (secondary N) is 3. The van der Waals surface area contributed by atoms with Crippen LogP contribution in [0.4, 0.5) is 22.7 Å². The van der Waals surface area contributed by atoms with Crippen molar-refractivity contribution in [3.63, 3.8) is 0 Å². The molecule has 0 saturated heterocycles. The normalized spacial score (nSPS) is 9.89. The molecule has 0 saturated carbocycles. The zero-order chi connectivity index (χ0) is 20.8. The van der Waals surface area contributed by atoms with Crippen LogP contribution in [0.25, 0.3) is 0 Å². The number of nitro groups is 2. The summed E-state index contributed by atoms with van der Waals surface area (Å²) in [5.41, 5.74) is -0.397. The fourth-order valence-electron chi connectivity index (χ4n) is 2.11. The number of carbonyl (C=O) groups excluding carboxylic acids is 2. The van der Waals surface area contributed by atoms with Gasteiger partial charge in [-0.05, 0) is 36.5 Å². The lowest BCUT2D eigenvalue weighted by Gasteiger charge is -2.10. The quantitative estimate of drug-likeness (QED) is 0.390. The topological polar surface area (TPSA) is 157 Å². The van der Waals surface area contributed by atoms with Crippen LogP contribution in [-0.2, 0) is 4.79 Å². The number of rotatable bonds is 5. The maximum Gasteiger partial charge on any atom is 0.277 e. The van der Waals surface area contributed by atoms with E-state index >= 15 is 0 Å². The second-order valence-electron chi connectivity index (χ2n) is 5.42. The van der Waals surface area contributed by atoms with Gasteiger partial charge in [0.1, 0.15) is 0 Å². The summed E-state index contributed by atoms with van der Waals surface area (Å²) in [6.45, 7) is 1.37. The third-order valence-corrected chi connectivity index (χ3v) is 3.48. The van der Waals surface area contributed by atoms with Crippen LogP contribution < -0.4 is 16.0 Å². The van der Waals surface area contributed by atoms with E-state index in [1.807, 2.05) is 0 Å². The van der Waals surface area contributed by atoms with Crippen LogP contribution in [0.1, 0.15) is 17.3 Å². The van der Waals surface area contributed by atoms with Crippen LogP contribution in [-0.4, -0.2) is 26.8 Å². The number of nitrogens with zero attached hydrogens (tertiary/aromatic N) is 2. The van der Waals surface area contributed by atoms with Gasteiger partial charge in [0, 0.05) is 30.4 Å². The van der Waals surface area contributed by atoms with E-state index in [0.717, 1.165) is 18.2 Å². The fraction of sp³-hybridized carbons (Fsp3) is 0.0625. The first kappa shape index (κ1) is 20.4. The summed E-state index contributed by atoms with van der Waals surface area (Å²) >= 11 is 5.00. The van der Waals surface area contributed by atoms with Gasteiger partial charge < -0.3 is 10.6 Å². The lowest BCUT2D eigenvalue weighted by Crippen LogP contribution is -2.34. The van der Waals surface area contributed by atoms with Crippen LogP contribution in [0, 0.1) is 20.2 Å². The van der Waals surface area contributed by atoms with Gasteiger partial charge in [-0.25, -0.2) is 0 Å². The Balaban J connectivity index is 2.09. The SMILES string of the molecule is CC(=O)Nc1ccc(NC(=S)NC(=O)c2cc([N+](=O)[O-])cc([N+](=O)[O-])c2)cc1. The lowest BCUT2D eigenvalue weighted by atomic mass is 10.1. The van der Waals surface area contributed by atoms with Gasteiger partial charge in [-0.3, -0.25) is 35.1 Å². The van der Waals surface area contributed by atoms with E-state index in [4.69, 9.17) is 12.2 Å². The van der Waals surface area contributed by atoms with Gasteiger partial charge in [0.25, 0.3) is 17.3 Å². The standard InChI is InChI=1S/C16H13N5O6S/c1-9(22)17-11-2-4-12(5-3-11)18-16(28)19-15(23)10-6-13(20(24)25)8-14(7-10)21(26)27/h2-8H,1H3,(H,17,22)(H2,18,19,23,28). The van der Waals surface area contributed by atoms with Gasteiger partial charge in [0.2, 0.25) is 5.91 Å². The highest BCUT2D eigenvalue weighted by Gasteiger charge is 2.20. The van der Waals surface area contributed by atoms with Gasteiger partial charge in [0.05, 0.1) is 21.5 Å². The van der Waals surface area contributed by atoms with Crippen molar-refractivity contribution in [1.82, 2.24) is 5.32 Å². The first-order valence-corrected chi connectivity index (χ1v) is 8.00. The minimum Gasteiger partial charge on any atom is -0.332 e. The number of nitro benzene ring substituents is 2. The van der Waals surface area contributed by atoms with E-state index in [1.165, 1.54) is 6.92 Å². The molecule has 0 atom stereocenters. The summed E-state index contributed by atoms with van der Waals surface area (Å²) in [6.07, 6.45) is 0. The molecule has 0 aromatic heterocycles. The second kappa shape index (κ2) is 8.64. The van der Waals surface area contributed by atoms with Crippen LogP contribution in [0.5, 0.6) is 0 Å². The Labute approximate surface area is 163 Å². The number of carbonyl (C=O) groups is 2. The number of amides is 2. The summed E-state index contributed by atoms with van der Waals surface area (Å²) in [5.74, 6) is -1.08. The highest BCUT2D eigenvalue weighted by atomic mass is 32.1. The van der Waals surface area contributed by atoms with Crippen LogP contribution in [0.15, 0.2) is 42.5 Å². The van der Waals surface area contributed by atoms with Gasteiger partial charge in [-0.2, -0.15) is 0 Å². The Bertz CT molecular complexity index is 944. The summed E-state index contributed by atoms with van der Waals surface area (Å²) in [7, 11) is 0. The molecule has 11 nitrogen and oxygen atoms in total. The largest absolute Gasteiger partial charge is 0.332 e. The van der Waals surface area contributed by atoms with Crippen molar-refractivity contribution in [3.8, 4) is 0 Å². The molecule has 0 bridgehead atoms. The number of non-ortho nitro benzene ring substituents is 2. The highest BCUT2D eigenvalue weighted by molar-refractivity contribution is 7.80. The zero-order valence-corrected chi connectivity index (χ0v) is 15.1. The Morgan fingerprint density at radius 2 is 1.36 bits per heavy atom. The Morgan fingerprint density at radius 3 is 1.79 bits per heavy atom. The Morgan fingerprint density at radius 1 is 0.893 bits per heavy atom. The molecule has 28 heavy (non-hydrogen) atoms. The van der Waals surface area contributed by atoms with Crippen molar-refractivity contribution < 1.29 is 19.4 Å². The molecule has 12 heteroatoms. The van der Waals surface area contributed by atoms with Gasteiger partial charge in [-0.15, -0.1) is 0 Å². The number of hydrogen-bond donors (Lipinski definition) is 3. The van der Waals surface area contributed by atoms with Gasteiger partial charge in [-0.1, -0.05) is 0 Å². The van der Waals surface area contributed by atoms with Crippen LogP contribution in [0.2, 0.25) is 0 Å². The highest BCUT2D eigenvalue weighted by Crippen LogP contribution is 2.22. The smallest absolute Gasteiger partial charge is 0.277 e. The molecule has 2 aromatic rings. The summed E-state index contributed by atoms with van der Waals surface area (Å²) in [5, 5.41) is 29.3. The number of benzene rings is 2. The minimum atomic E-state index is -0.848. The molecule has 0 unspecified atom stereocenters. The van der Waals surface area contributed by atoms with E-state index < -0.39 is 27.1 Å². The average Bonchev–Trinajstić information content (AvgIpc) is 2.62. The van der Waals surface area contributed by atoms with Crippen molar-refractivity contribution in [1.29, 1.82) is 0 Å². The monoisotopic (exact) mass is 403 g/mol. The molecule has 2 amide bonds. The maximum absolute atomic E-state index is 12.2. The van der Waals surface area contributed by atoms with E-state index in [0.29, 0.717) is 11.4 Å².